The summed E-state index contributed by atoms with van der Waals surface area (Å²) in [6, 6.07) is -0.576. The fourth-order valence-electron chi connectivity index (χ4n) is 5.87. The van der Waals surface area contributed by atoms with Gasteiger partial charge in [0.05, 0.1) is 19.4 Å². The number of unbranched alkanes of at least 4 members (excludes halogenated alkanes) is 12. The predicted octanol–water partition coefficient (Wildman–Crippen LogP) is 9.26. The van der Waals surface area contributed by atoms with Crippen LogP contribution >= 0.6 is 11.8 Å². The maximum atomic E-state index is 13.6. The zero-order valence-electron chi connectivity index (χ0n) is 31.3. The molecule has 0 aliphatic heterocycles. The van der Waals surface area contributed by atoms with E-state index < -0.39 is 6.04 Å². The van der Waals surface area contributed by atoms with Crippen molar-refractivity contribution in [3.63, 3.8) is 0 Å². The van der Waals surface area contributed by atoms with E-state index in [-0.39, 0.29) is 23.7 Å². The third kappa shape index (κ3) is 25.0. The van der Waals surface area contributed by atoms with Crippen molar-refractivity contribution in [2.45, 2.75) is 175 Å². The lowest BCUT2D eigenvalue weighted by Gasteiger charge is -2.23. The van der Waals surface area contributed by atoms with Crippen molar-refractivity contribution >= 4 is 29.5 Å². The first-order chi connectivity index (χ1) is 23.4. The molecule has 0 radical (unpaired) electrons. The van der Waals surface area contributed by atoms with Gasteiger partial charge in [-0.25, -0.2) is 4.98 Å². The van der Waals surface area contributed by atoms with Crippen molar-refractivity contribution in [2.75, 3.05) is 24.7 Å². The Morgan fingerprint density at radius 3 is 2.02 bits per heavy atom. The van der Waals surface area contributed by atoms with E-state index in [2.05, 4.69) is 43.3 Å². The Bertz CT molecular complexity index is 912. The molecule has 9 heteroatoms. The molecule has 2 amide bonds. The summed E-state index contributed by atoms with van der Waals surface area (Å²) < 4.78 is 7.43. The second-order valence-corrected chi connectivity index (χ2v) is 15.2. The monoisotopic (exact) mass is 693 g/mol. The van der Waals surface area contributed by atoms with E-state index in [0.717, 1.165) is 70.3 Å². The van der Waals surface area contributed by atoms with Crippen LogP contribution in [0.2, 0.25) is 0 Å². The van der Waals surface area contributed by atoms with Crippen molar-refractivity contribution in [1.29, 1.82) is 0 Å². The van der Waals surface area contributed by atoms with E-state index in [0.29, 0.717) is 37.5 Å². The van der Waals surface area contributed by atoms with Gasteiger partial charge in [0.15, 0.2) is 0 Å². The molecular weight excluding hydrogens is 621 g/mol. The van der Waals surface area contributed by atoms with Gasteiger partial charge in [-0.3, -0.25) is 14.4 Å². The fraction of sp³-hybridized carbons (Fsp3) is 0.846. The highest BCUT2D eigenvalue weighted by molar-refractivity contribution is 7.99. The van der Waals surface area contributed by atoms with Crippen LogP contribution in [0.15, 0.2) is 18.7 Å². The highest BCUT2D eigenvalue weighted by atomic mass is 32.2. The quantitative estimate of drug-likeness (QED) is 0.0563. The minimum atomic E-state index is -0.576. The van der Waals surface area contributed by atoms with Crippen LogP contribution in [0.3, 0.4) is 0 Å². The molecule has 0 aromatic carbocycles. The zero-order valence-corrected chi connectivity index (χ0v) is 32.1. The summed E-state index contributed by atoms with van der Waals surface area (Å²) in [5, 5.41) is 6.22. The number of esters is 1. The molecule has 278 valence electrons. The van der Waals surface area contributed by atoms with Gasteiger partial charge in [0, 0.05) is 37.2 Å². The largest absolute Gasteiger partial charge is 0.466 e. The number of rotatable bonds is 33. The number of ether oxygens (including phenoxy) is 1. The number of nitrogens with one attached hydrogen (secondary N) is 2. The van der Waals surface area contributed by atoms with Gasteiger partial charge < -0.3 is 19.9 Å². The minimum Gasteiger partial charge on any atom is -0.466 e. The molecule has 48 heavy (non-hydrogen) atoms. The van der Waals surface area contributed by atoms with Crippen LogP contribution in [0.1, 0.15) is 163 Å². The Balaban J connectivity index is 2.55. The van der Waals surface area contributed by atoms with E-state index in [1.807, 2.05) is 10.8 Å². The van der Waals surface area contributed by atoms with Crippen LogP contribution in [0, 0.1) is 11.8 Å². The van der Waals surface area contributed by atoms with Crippen molar-refractivity contribution in [3.05, 3.63) is 18.7 Å². The molecule has 2 unspecified atom stereocenters. The SMILES string of the molecule is CCCCCCCCC(CCCCCC)C(=O)NC(CCSCCC(=O)OCCCCCCCC(C)C)C(=O)NCCCn1ccnc1. The number of aryl methyl sites for hydroxylation is 1. The average Bonchev–Trinajstić information content (AvgIpc) is 3.59. The third-order valence-electron chi connectivity index (χ3n) is 8.96. The van der Waals surface area contributed by atoms with E-state index in [1.165, 1.54) is 64.2 Å². The van der Waals surface area contributed by atoms with Gasteiger partial charge in [0.1, 0.15) is 6.04 Å². The number of nitrogens with zero attached hydrogens (tertiary/aromatic N) is 2. The number of amides is 2. The normalized spacial score (nSPS) is 12.6. The van der Waals surface area contributed by atoms with Crippen molar-refractivity contribution < 1.29 is 19.1 Å². The molecule has 1 heterocycles. The number of carbonyl (C=O) groups is 3. The lowest BCUT2D eigenvalue weighted by atomic mass is 9.93. The van der Waals surface area contributed by atoms with Crippen LogP contribution in [0.4, 0.5) is 0 Å². The second-order valence-electron chi connectivity index (χ2n) is 13.9. The molecule has 2 N–H and O–H groups in total. The molecular formula is C39H72N4O4S. The fourth-order valence-corrected chi connectivity index (χ4v) is 6.79. The van der Waals surface area contributed by atoms with Crippen LogP contribution in [0.5, 0.6) is 0 Å². The number of hydrogen-bond acceptors (Lipinski definition) is 6. The van der Waals surface area contributed by atoms with E-state index in [4.69, 9.17) is 4.74 Å². The first-order valence-electron chi connectivity index (χ1n) is 19.6. The second kappa shape index (κ2) is 31.0. The first kappa shape index (κ1) is 44.0. The topological polar surface area (TPSA) is 102 Å². The summed E-state index contributed by atoms with van der Waals surface area (Å²) in [6.45, 7) is 10.8. The van der Waals surface area contributed by atoms with Crippen molar-refractivity contribution in [3.8, 4) is 0 Å². The molecule has 1 rings (SSSR count). The van der Waals surface area contributed by atoms with Gasteiger partial charge in [0.2, 0.25) is 11.8 Å². The standard InChI is InChI=1S/C39H72N4O4S/c1-5-7-9-11-14-18-23-35(22-17-10-8-6-2)38(45)42-36(39(46)41-26-20-28-43-29-27-40-33-43)24-31-48-32-25-37(44)47-30-19-15-12-13-16-21-34(3)4/h27,29,33-36H,5-26,28,30-32H2,1-4H3,(H,41,46)(H,42,45). The zero-order chi connectivity index (χ0) is 35.1. The Morgan fingerprint density at radius 2 is 1.38 bits per heavy atom. The molecule has 0 fully saturated rings. The Hall–Kier alpha value is -2.03. The average molecular weight is 693 g/mol. The molecule has 2 atom stereocenters. The van der Waals surface area contributed by atoms with Gasteiger partial charge in [0.25, 0.3) is 0 Å². The Morgan fingerprint density at radius 1 is 0.750 bits per heavy atom. The highest BCUT2D eigenvalue weighted by Crippen LogP contribution is 2.20. The number of carbonyl (C=O) groups excluding carboxylic acids is 3. The van der Waals surface area contributed by atoms with Gasteiger partial charge in [-0.2, -0.15) is 11.8 Å². The van der Waals surface area contributed by atoms with Crippen LogP contribution in [0.25, 0.3) is 0 Å². The number of imidazole rings is 1. The summed E-state index contributed by atoms with van der Waals surface area (Å²) in [5.41, 5.74) is 0. The van der Waals surface area contributed by atoms with Gasteiger partial charge in [-0.1, -0.05) is 124 Å². The highest BCUT2D eigenvalue weighted by Gasteiger charge is 2.25. The van der Waals surface area contributed by atoms with Crippen molar-refractivity contribution in [2.24, 2.45) is 11.8 Å². The van der Waals surface area contributed by atoms with Gasteiger partial charge in [-0.05, 0) is 43.8 Å². The van der Waals surface area contributed by atoms with Crippen molar-refractivity contribution in [1.82, 2.24) is 20.2 Å². The smallest absolute Gasteiger partial charge is 0.306 e. The van der Waals surface area contributed by atoms with Gasteiger partial charge >= 0.3 is 5.97 Å². The van der Waals surface area contributed by atoms with E-state index >= 15 is 0 Å². The molecule has 0 saturated carbocycles. The summed E-state index contributed by atoms with van der Waals surface area (Å²) >= 11 is 1.64. The maximum absolute atomic E-state index is 13.6. The summed E-state index contributed by atoms with van der Waals surface area (Å²) in [6.07, 6.45) is 27.8. The minimum absolute atomic E-state index is 0.0205. The third-order valence-corrected chi connectivity index (χ3v) is 9.97. The van der Waals surface area contributed by atoms with E-state index in [9.17, 15) is 14.4 Å². The first-order valence-corrected chi connectivity index (χ1v) is 20.8. The molecule has 1 aromatic heterocycles. The summed E-state index contributed by atoms with van der Waals surface area (Å²) in [7, 11) is 0. The summed E-state index contributed by atoms with van der Waals surface area (Å²) in [4.78, 5) is 43.2. The lowest BCUT2D eigenvalue weighted by molar-refractivity contribution is -0.143. The van der Waals surface area contributed by atoms with Crippen LogP contribution < -0.4 is 10.6 Å². The predicted molar refractivity (Wildman–Crippen MR) is 202 cm³/mol. The molecule has 0 spiro atoms. The molecule has 0 aliphatic carbocycles. The molecule has 8 nitrogen and oxygen atoms in total. The Labute approximate surface area is 298 Å². The van der Waals surface area contributed by atoms with Gasteiger partial charge in [-0.15, -0.1) is 0 Å². The number of thioether (sulfide) groups is 1. The molecule has 0 aliphatic rings. The number of hydrogen-bond donors (Lipinski definition) is 2. The molecule has 0 saturated heterocycles. The molecule has 0 bridgehead atoms. The molecule has 1 aromatic rings. The van der Waals surface area contributed by atoms with Crippen LogP contribution in [-0.2, 0) is 25.7 Å². The van der Waals surface area contributed by atoms with Crippen LogP contribution in [-0.4, -0.2) is 58.0 Å². The number of aromatic nitrogens is 2. The lowest BCUT2D eigenvalue weighted by Crippen LogP contribution is -2.49. The van der Waals surface area contributed by atoms with E-state index in [1.54, 1.807) is 24.3 Å². The Kier molecular flexibility index (Phi) is 28.4. The summed E-state index contributed by atoms with van der Waals surface area (Å²) in [5.74, 6) is 1.81. The maximum Gasteiger partial charge on any atom is 0.306 e.